The molecule has 2 aromatic heterocycles. The maximum absolute atomic E-state index is 13.5. The molecule has 4 aromatic rings. The average Bonchev–Trinajstić information content (AvgIpc) is 3.18. The fourth-order valence-electron chi connectivity index (χ4n) is 4.69. The number of pyridine rings is 1. The Morgan fingerprint density at radius 3 is 2.68 bits per heavy atom. The van der Waals surface area contributed by atoms with Crippen LogP contribution in [0.3, 0.4) is 0 Å². The van der Waals surface area contributed by atoms with E-state index in [4.69, 9.17) is 20.2 Å². The number of nitrogen functional groups attached to an aromatic ring is 1. The van der Waals surface area contributed by atoms with Crippen molar-refractivity contribution in [1.82, 2.24) is 20.3 Å². The molecule has 1 saturated heterocycles. The van der Waals surface area contributed by atoms with E-state index in [1.54, 1.807) is 14.2 Å². The zero-order valence-corrected chi connectivity index (χ0v) is 21.7. The zero-order valence-electron chi connectivity index (χ0n) is 21.7. The summed E-state index contributed by atoms with van der Waals surface area (Å²) in [5, 5.41) is 6.44. The molecule has 0 radical (unpaired) electrons. The number of methoxy groups -OCH3 is 2. The summed E-state index contributed by atoms with van der Waals surface area (Å²) in [6.45, 7) is 3.84. The molecule has 1 aliphatic rings. The summed E-state index contributed by atoms with van der Waals surface area (Å²) in [4.78, 5) is 29.5. The second-order valence-corrected chi connectivity index (χ2v) is 9.16. The Morgan fingerprint density at radius 2 is 1.89 bits per heavy atom. The fraction of sp³-hybridized carbons (Fsp3) is 0.286. The van der Waals surface area contributed by atoms with Gasteiger partial charge in [0, 0.05) is 24.3 Å². The molecule has 10 heteroatoms. The van der Waals surface area contributed by atoms with Gasteiger partial charge in [0.05, 0.1) is 25.4 Å². The quantitative estimate of drug-likeness (QED) is 0.355. The van der Waals surface area contributed by atoms with E-state index < -0.39 is 6.04 Å². The molecular weight excluding hydrogens is 482 g/mol. The summed E-state index contributed by atoms with van der Waals surface area (Å²) in [6.07, 6.45) is 0.828. The van der Waals surface area contributed by atoms with Gasteiger partial charge >= 0.3 is 0 Å². The van der Waals surface area contributed by atoms with Gasteiger partial charge in [0.25, 0.3) is 0 Å². The van der Waals surface area contributed by atoms with Crippen LogP contribution in [0.5, 0.6) is 11.5 Å². The van der Waals surface area contributed by atoms with Crippen molar-refractivity contribution < 1.29 is 14.3 Å². The van der Waals surface area contributed by atoms with Crippen molar-refractivity contribution in [2.75, 3.05) is 49.8 Å². The fourth-order valence-corrected chi connectivity index (χ4v) is 4.69. The first-order valence-electron chi connectivity index (χ1n) is 12.5. The molecule has 4 N–H and O–H groups in total. The van der Waals surface area contributed by atoms with E-state index in [-0.39, 0.29) is 11.9 Å². The number of aromatic nitrogens is 3. The number of nitrogens with one attached hydrogen (secondary N) is 2. The van der Waals surface area contributed by atoms with Gasteiger partial charge in [0.15, 0.2) is 17.3 Å². The summed E-state index contributed by atoms with van der Waals surface area (Å²) in [6, 6.07) is 16.6. The lowest BCUT2D eigenvalue weighted by Gasteiger charge is -2.30. The highest BCUT2D eigenvalue weighted by Crippen LogP contribution is 2.33. The van der Waals surface area contributed by atoms with Crippen molar-refractivity contribution in [2.24, 2.45) is 0 Å². The Bertz CT molecular complexity index is 1480. The number of ether oxygens (including phenoxy) is 2. The third-order valence-electron chi connectivity index (χ3n) is 6.55. The van der Waals surface area contributed by atoms with Crippen molar-refractivity contribution in [2.45, 2.75) is 19.4 Å². The van der Waals surface area contributed by atoms with E-state index in [0.29, 0.717) is 47.1 Å². The molecule has 2 aromatic carbocycles. The summed E-state index contributed by atoms with van der Waals surface area (Å²) >= 11 is 0. The molecule has 5 rings (SSSR count). The number of amides is 1. The number of fused-ring (bicyclic) bond motifs is 1. The van der Waals surface area contributed by atoms with Gasteiger partial charge in [-0.25, -0.2) is 9.97 Å². The number of nitrogens with two attached hydrogens (primary N) is 1. The predicted octanol–water partition coefficient (Wildman–Crippen LogP) is 3.41. The van der Waals surface area contributed by atoms with Crippen molar-refractivity contribution in [3.8, 4) is 22.8 Å². The maximum atomic E-state index is 13.5. The van der Waals surface area contributed by atoms with E-state index in [2.05, 4.69) is 20.6 Å². The molecule has 1 atom stereocenters. The molecule has 196 valence electrons. The number of carbonyl (C=O) groups is 1. The number of aryl methyl sites for hydroxylation is 1. The Kier molecular flexibility index (Phi) is 7.23. The van der Waals surface area contributed by atoms with Crippen LogP contribution in [-0.2, 0) is 4.79 Å². The Balaban J connectivity index is 1.56. The third-order valence-corrected chi connectivity index (χ3v) is 6.55. The lowest BCUT2D eigenvalue weighted by atomic mass is 10.1. The molecule has 1 fully saturated rings. The predicted molar refractivity (Wildman–Crippen MR) is 149 cm³/mol. The number of rotatable bonds is 6. The molecule has 0 saturated carbocycles. The van der Waals surface area contributed by atoms with Gasteiger partial charge in [-0.3, -0.25) is 4.79 Å². The summed E-state index contributed by atoms with van der Waals surface area (Å²) in [5.41, 5.74) is 10.7. The summed E-state index contributed by atoms with van der Waals surface area (Å²) < 4.78 is 10.9. The smallest absolute Gasteiger partial charge is 0.248 e. The standard InChI is InChI=1S/C28H31N7O3/c1-17-6-4-7-19(14-17)31-27(36)22-16-30-12-5-13-35(22)26-25-21(33-28(29)34-26)10-9-20(32-25)18-8-11-23(37-2)24(15-18)38-3/h4,6-11,14-15,22,30H,5,12-13,16H2,1-3H3,(H,31,36)(H2,29,33,34). The van der Waals surface area contributed by atoms with Crippen molar-refractivity contribution in [1.29, 1.82) is 0 Å². The van der Waals surface area contributed by atoms with Gasteiger partial charge in [-0.15, -0.1) is 0 Å². The van der Waals surface area contributed by atoms with Crippen LogP contribution in [0.2, 0.25) is 0 Å². The highest BCUT2D eigenvalue weighted by Gasteiger charge is 2.31. The topological polar surface area (TPSA) is 128 Å². The second kappa shape index (κ2) is 10.9. The highest BCUT2D eigenvalue weighted by molar-refractivity contribution is 5.99. The first kappa shape index (κ1) is 25.2. The molecular formula is C28H31N7O3. The number of benzene rings is 2. The molecule has 0 spiro atoms. The highest BCUT2D eigenvalue weighted by atomic mass is 16.5. The van der Waals surface area contributed by atoms with Gasteiger partial charge in [0.1, 0.15) is 11.6 Å². The summed E-state index contributed by atoms with van der Waals surface area (Å²) in [5.74, 6) is 1.76. The van der Waals surface area contributed by atoms with Crippen molar-refractivity contribution >= 4 is 34.4 Å². The number of hydrogen-bond acceptors (Lipinski definition) is 9. The molecule has 1 unspecified atom stereocenters. The zero-order chi connectivity index (χ0) is 26.6. The minimum absolute atomic E-state index is 0.128. The minimum atomic E-state index is -0.526. The van der Waals surface area contributed by atoms with Gasteiger partial charge in [-0.05, 0) is 67.9 Å². The number of hydrogen-bond donors (Lipinski definition) is 3. The van der Waals surface area contributed by atoms with Crippen LogP contribution in [0, 0.1) is 6.92 Å². The number of anilines is 3. The van der Waals surface area contributed by atoms with Crippen molar-refractivity contribution in [3.05, 3.63) is 60.2 Å². The van der Waals surface area contributed by atoms with E-state index in [1.807, 2.05) is 66.4 Å². The molecule has 3 heterocycles. The largest absolute Gasteiger partial charge is 0.493 e. The van der Waals surface area contributed by atoms with Crippen LogP contribution in [0.4, 0.5) is 17.5 Å². The Hall–Kier alpha value is -4.44. The Labute approximate surface area is 221 Å². The second-order valence-electron chi connectivity index (χ2n) is 9.16. The summed E-state index contributed by atoms with van der Waals surface area (Å²) in [7, 11) is 3.20. The van der Waals surface area contributed by atoms with Crippen LogP contribution >= 0.6 is 0 Å². The normalized spacial score (nSPS) is 15.7. The molecule has 1 amide bonds. The molecule has 38 heavy (non-hydrogen) atoms. The van der Waals surface area contributed by atoms with E-state index in [1.165, 1.54) is 0 Å². The lowest BCUT2D eigenvalue weighted by molar-refractivity contribution is -0.117. The van der Waals surface area contributed by atoms with Crippen LogP contribution in [0.15, 0.2) is 54.6 Å². The maximum Gasteiger partial charge on any atom is 0.248 e. The minimum Gasteiger partial charge on any atom is -0.493 e. The number of nitrogens with zero attached hydrogens (tertiary/aromatic N) is 4. The van der Waals surface area contributed by atoms with E-state index >= 15 is 0 Å². The van der Waals surface area contributed by atoms with Crippen LogP contribution in [0.25, 0.3) is 22.3 Å². The van der Waals surface area contributed by atoms with E-state index in [0.717, 1.165) is 29.8 Å². The van der Waals surface area contributed by atoms with Crippen LogP contribution in [0.1, 0.15) is 12.0 Å². The van der Waals surface area contributed by atoms with Crippen LogP contribution in [-0.4, -0.2) is 60.8 Å². The molecule has 1 aliphatic heterocycles. The first-order valence-corrected chi connectivity index (χ1v) is 12.5. The van der Waals surface area contributed by atoms with Gasteiger partial charge in [-0.2, -0.15) is 4.98 Å². The SMILES string of the molecule is COc1ccc(-c2ccc3nc(N)nc(N4CCCNCC4C(=O)Nc4cccc(C)c4)c3n2)cc1OC. The van der Waals surface area contributed by atoms with Crippen molar-refractivity contribution in [3.63, 3.8) is 0 Å². The third kappa shape index (κ3) is 5.16. The van der Waals surface area contributed by atoms with E-state index in [9.17, 15) is 4.79 Å². The lowest BCUT2D eigenvalue weighted by Crippen LogP contribution is -2.48. The number of carbonyl (C=O) groups excluding carboxylic acids is 1. The average molecular weight is 514 g/mol. The molecule has 0 aliphatic carbocycles. The monoisotopic (exact) mass is 513 g/mol. The Morgan fingerprint density at radius 1 is 1.05 bits per heavy atom. The van der Waals surface area contributed by atoms with Gasteiger partial charge in [-0.1, -0.05) is 12.1 Å². The first-order chi connectivity index (χ1) is 18.5. The van der Waals surface area contributed by atoms with Gasteiger partial charge in [0.2, 0.25) is 11.9 Å². The van der Waals surface area contributed by atoms with Gasteiger partial charge < -0.3 is 30.7 Å². The van der Waals surface area contributed by atoms with Crippen LogP contribution < -0.4 is 30.7 Å². The molecule has 0 bridgehead atoms. The molecule has 10 nitrogen and oxygen atoms in total.